The lowest BCUT2D eigenvalue weighted by Crippen LogP contribution is -2.22. The maximum absolute atomic E-state index is 13.1. The molecule has 0 spiro atoms. The highest BCUT2D eigenvalue weighted by Crippen LogP contribution is 2.31. The summed E-state index contributed by atoms with van der Waals surface area (Å²) in [6.07, 6.45) is 4.30. The summed E-state index contributed by atoms with van der Waals surface area (Å²) in [5.41, 5.74) is 2.95. The van der Waals surface area contributed by atoms with E-state index in [-0.39, 0.29) is 11.5 Å². The molecule has 0 saturated carbocycles. The Morgan fingerprint density at radius 2 is 1.85 bits per heavy atom. The smallest absolute Gasteiger partial charge is 0.381 e. The number of hydrogen-bond acceptors (Lipinski definition) is 5. The van der Waals surface area contributed by atoms with Gasteiger partial charge in [0.1, 0.15) is 0 Å². The van der Waals surface area contributed by atoms with Gasteiger partial charge in [0.15, 0.2) is 0 Å². The number of benzene rings is 2. The fraction of sp³-hybridized carbons (Fsp3) is 0.267. The van der Waals surface area contributed by atoms with Crippen LogP contribution >= 0.6 is 0 Å². The number of alkyl halides is 3. The SMILES string of the molecule is Cc1ccc(NC(=O)c2cccc(C(F)(F)F)c2)cc1-n1cc(-c2cnccc2NC(=O)CC2CCOCC2)cn1. The summed E-state index contributed by atoms with van der Waals surface area (Å²) in [5.74, 6) is -0.443. The van der Waals surface area contributed by atoms with Crippen LogP contribution < -0.4 is 10.6 Å². The Morgan fingerprint density at radius 3 is 2.63 bits per heavy atom. The molecule has 5 rings (SSSR count). The maximum Gasteiger partial charge on any atom is 0.416 e. The Labute approximate surface area is 234 Å². The molecule has 2 aromatic heterocycles. The van der Waals surface area contributed by atoms with Crippen LogP contribution in [0.25, 0.3) is 16.8 Å². The molecule has 0 unspecified atom stereocenters. The predicted octanol–water partition coefficient (Wildman–Crippen LogP) is 6.27. The zero-order chi connectivity index (χ0) is 29.0. The summed E-state index contributed by atoms with van der Waals surface area (Å²) in [6, 6.07) is 11.1. The standard InChI is InChI=1S/C30H28F3N5O3/c1-19-5-6-24(36-29(40)21-3-2-4-23(14-21)30(31,32)33)15-27(19)38-18-22(16-35-38)25-17-34-10-7-26(25)37-28(39)13-20-8-11-41-12-9-20/h2-7,10,14-18,20H,8-9,11-13H2,1H3,(H,36,40)(H,34,37,39). The van der Waals surface area contributed by atoms with Crippen molar-refractivity contribution in [3.05, 3.63) is 90.0 Å². The Kier molecular flexibility index (Phi) is 8.16. The number of carbonyl (C=O) groups excluding carboxylic acids is 2. The molecule has 41 heavy (non-hydrogen) atoms. The second kappa shape index (κ2) is 11.9. The van der Waals surface area contributed by atoms with E-state index in [9.17, 15) is 22.8 Å². The van der Waals surface area contributed by atoms with Gasteiger partial charge < -0.3 is 15.4 Å². The second-order valence-corrected chi connectivity index (χ2v) is 9.94. The number of nitrogens with one attached hydrogen (secondary N) is 2. The van der Waals surface area contributed by atoms with Crippen LogP contribution in [0.5, 0.6) is 0 Å². The molecular formula is C30H28F3N5O3. The molecule has 212 valence electrons. The zero-order valence-electron chi connectivity index (χ0n) is 22.2. The van der Waals surface area contributed by atoms with Crippen molar-refractivity contribution in [2.45, 2.75) is 32.4 Å². The Hall–Kier alpha value is -4.51. The van der Waals surface area contributed by atoms with E-state index in [1.807, 2.05) is 6.92 Å². The molecule has 1 saturated heterocycles. The number of amides is 2. The van der Waals surface area contributed by atoms with E-state index in [4.69, 9.17) is 4.74 Å². The summed E-state index contributed by atoms with van der Waals surface area (Å²) < 4.78 is 46.2. The lowest BCUT2D eigenvalue weighted by atomic mass is 9.96. The van der Waals surface area contributed by atoms with Gasteiger partial charge in [-0.2, -0.15) is 18.3 Å². The van der Waals surface area contributed by atoms with Gasteiger partial charge in [-0.1, -0.05) is 12.1 Å². The van der Waals surface area contributed by atoms with E-state index in [1.165, 1.54) is 12.1 Å². The first-order chi connectivity index (χ1) is 19.7. The Bertz CT molecular complexity index is 1560. The van der Waals surface area contributed by atoms with E-state index in [0.29, 0.717) is 48.2 Å². The first kappa shape index (κ1) is 28.0. The lowest BCUT2D eigenvalue weighted by molar-refractivity contribution is -0.137. The molecule has 8 nitrogen and oxygen atoms in total. The van der Waals surface area contributed by atoms with Crippen LogP contribution in [-0.2, 0) is 15.7 Å². The van der Waals surface area contributed by atoms with Crippen molar-refractivity contribution in [1.29, 1.82) is 0 Å². The van der Waals surface area contributed by atoms with Gasteiger partial charge in [0.25, 0.3) is 5.91 Å². The number of nitrogens with zero attached hydrogens (tertiary/aromatic N) is 3. The van der Waals surface area contributed by atoms with Crippen LogP contribution in [0.4, 0.5) is 24.5 Å². The summed E-state index contributed by atoms with van der Waals surface area (Å²) in [7, 11) is 0. The molecule has 1 aliphatic rings. The average molecular weight is 564 g/mol. The Morgan fingerprint density at radius 1 is 1.05 bits per heavy atom. The van der Waals surface area contributed by atoms with Crippen molar-refractivity contribution >= 4 is 23.2 Å². The molecule has 11 heteroatoms. The highest BCUT2D eigenvalue weighted by atomic mass is 19.4. The maximum atomic E-state index is 13.1. The second-order valence-electron chi connectivity index (χ2n) is 9.94. The molecule has 0 radical (unpaired) electrons. The molecule has 0 bridgehead atoms. The number of aryl methyl sites for hydroxylation is 1. The van der Waals surface area contributed by atoms with Crippen LogP contribution in [0.2, 0.25) is 0 Å². The number of halogens is 3. The van der Waals surface area contributed by atoms with Crippen LogP contribution in [-0.4, -0.2) is 39.8 Å². The number of pyridine rings is 1. The Balaban J connectivity index is 1.33. The number of aromatic nitrogens is 3. The van der Waals surface area contributed by atoms with Gasteiger partial charge in [-0.05, 0) is 67.6 Å². The lowest BCUT2D eigenvalue weighted by Gasteiger charge is -2.21. The minimum absolute atomic E-state index is 0.0724. The molecule has 2 aromatic carbocycles. The summed E-state index contributed by atoms with van der Waals surface area (Å²) in [5, 5.41) is 10.1. The van der Waals surface area contributed by atoms with Gasteiger partial charge in [0.05, 0.1) is 23.1 Å². The number of hydrogen-bond donors (Lipinski definition) is 2. The molecule has 0 aliphatic carbocycles. The van der Waals surface area contributed by atoms with Crippen LogP contribution in [0.15, 0.2) is 73.3 Å². The average Bonchev–Trinajstić information content (AvgIpc) is 3.44. The summed E-state index contributed by atoms with van der Waals surface area (Å²) in [6.45, 7) is 3.22. The molecular weight excluding hydrogens is 535 g/mol. The number of rotatable bonds is 7. The van der Waals surface area contributed by atoms with Crippen LogP contribution in [0.3, 0.4) is 0 Å². The fourth-order valence-electron chi connectivity index (χ4n) is 4.72. The first-order valence-electron chi connectivity index (χ1n) is 13.1. The van der Waals surface area contributed by atoms with Crippen molar-refractivity contribution in [3.63, 3.8) is 0 Å². The minimum atomic E-state index is -4.55. The van der Waals surface area contributed by atoms with Gasteiger partial charge in [-0.25, -0.2) is 4.68 Å². The fourth-order valence-corrected chi connectivity index (χ4v) is 4.72. The number of carbonyl (C=O) groups is 2. The van der Waals surface area contributed by atoms with Crippen molar-refractivity contribution in [2.75, 3.05) is 23.8 Å². The van der Waals surface area contributed by atoms with Crippen molar-refractivity contribution in [1.82, 2.24) is 14.8 Å². The van der Waals surface area contributed by atoms with E-state index in [1.54, 1.807) is 53.7 Å². The molecule has 1 aliphatic heterocycles. The van der Waals surface area contributed by atoms with E-state index >= 15 is 0 Å². The van der Waals surface area contributed by atoms with Crippen LogP contribution in [0.1, 0.15) is 40.7 Å². The van der Waals surface area contributed by atoms with Gasteiger partial charge in [0, 0.05) is 60.6 Å². The third kappa shape index (κ3) is 6.80. The molecule has 2 N–H and O–H groups in total. The van der Waals surface area contributed by atoms with Crippen molar-refractivity contribution in [3.8, 4) is 16.8 Å². The van der Waals surface area contributed by atoms with Gasteiger partial charge >= 0.3 is 6.18 Å². The molecule has 3 heterocycles. The largest absolute Gasteiger partial charge is 0.416 e. The zero-order valence-corrected chi connectivity index (χ0v) is 22.2. The minimum Gasteiger partial charge on any atom is -0.381 e. The monoisotopic (exact) mass is 563 g/mol. The topological polar surface area (TPSA) is 98.1 Å². The van der Waals surface area contributed by atoms with E-state index < -0.39 is 17.6 Å². The van der Waals surface area contributed by atoms with Gasteiger partial charge in [-0.3, -0.25) is 14.6 Å². The molecule has 4 aromatic rings. The third-order valence-electron chi connectivity index (χ3n) is 6.97. The summed E-state index contributed by atoms with van der Waals surface area (Å²) in [4.78, 5) is 29.7. The molecule has 0 atom stereocenters. The van der Waals surface area contributed by atoms with Crippen molar-refractivity contribution in [2.24, 2.45) is 5.92 Å². The molecule has 2 amide bonds. The van der Waals surface area contributed by atoms with Gasteiger partial charge in [-0.15, -0.1) is 0 Å². The number of anilines is 2. The highest BCUT2D eigenvalue weighted by molar-refractivity contribution is 6.04. The number of ether oxygens (including phenoxy) is 1. The third-order valence-corrected chi connectivity index (χ3v) is 6.97. The van der Waals surface area contributed by atoms with E-state index in [0.717, 1.165) is 36.1 Å². The summed E-state index contributed by atoms with van der Waals surface area (Å²) >= 11 is 0. The quantitative estimate of drug-likeness (QED) is 0.276. The van der Waals surface area contributed by atoms with Crippen molar-refractivity contribution < 1.29 is 27.5 Å². The highest BCUT2D eigenvalue weighted by Gasteiger charge is 2.31. The first-order valence-corrected chi connectivity index (χ1v) is 13.1. The molecule has 1 fully saturated rings. The normalized spacial score (nSPS) is 14.0. The van der Waals surface area contributed by atoms with Gasteiger partial charge in [0.2, 0.25) is 5.91 Å². The van der Waals surface area contributed by atoms with E-state index in [2.05, 4.69) is 20.7 Å². The predicted molar refractivity (Wildman–Crippen MR) is 148 cm³/mol. The van der Waals surface area contributed by atoms with Crippen LogP contribution in [0, 0.1) is 12.8 Å².